The molecule has 0 saturated heterocycles. The van der Waals surface area contributed by atoms with E-state index in [-0.39, 0.29) is 74.1 Å². The number of hydrogen-bond donors (Lipinski definition) is 0. The van der Waals surface area contributed by atoms with Gasteiger partial charge in [0.15, 0.2) is 34.7 Å². The Labute approximate surface area is 180 Å². The van der Waals surface area contributed by atoms with Gasteiger partial charge in [0.1, 0.15) is 0 Å². The summed E-state index contributed by atoms with van der Waals surface area (Å²) in [7, 11) is 0. The number of carbonyl (C=O) groups is 6. The normalized spacial score (nSPS) is 10.5. The van der Waals surface area contributed by atoms with Crippen molar-refractivity contribution in [1.29, 1.82) is 0 Å². The molecular formula is C25H24O6. The standard InChI is InChI=1S/C25H24O6/c1-12(26)18-7-9-20(14(3)28)24(16(5)30)22(18)11-23-19(13(2)27)8-10-21(15(4)29)25(23)17(6)31/h7-10H,11H2,1-6H3. The van der Waals surface area contributed by atoms with Crippen LogP contribution in [0.4, 0.5) is 0 Å². The van der Waals surface area contributed by atoms with Crippen molar-refractivity contribution in [1.82, 2.24) is 0 Å². The predicted octanol–water partition coefficient (Wildman–Crippen LogP) is 4.49. The van der Waals surface area contributed by atoms with Gasteiger partial charge in [-0.15, -0.1) is 0 Å². The maximum atomic E-state index is 12.5. The minimum Gasteiger partial charge on any atom is -0.295 e. The van der Waals surface area contributed by atoms with E-state index in [1.54, 1.807) is 0 Å². The lowest BCUT2D eigenvalue weighted by Gasteiger charge is -2.19. The molecule has 0 saturated carbocycles. The Kier molecular flexibility index (Phi) is 6.95. The molecule has 0 aliphatic heterocycles. The molecule has 0 spiro atoms. The molecule has 0 fully saturated rings. The van der Waals surface area contributed by atoms with Gasteiger partial charge in [0.25, 0.3) is 0 Å². The first-order valence-corrected chi connectivity index (χ1v) is 9.75. The highest BCUT2D eigenvalue weighted by Crippen LogP contribution is 2.30. The van der Waals surface area contributed by atoms with E-state index in [1.165, 1.54) is 65.8 Å². The molecular weight excluding hydrogens is 396 g/mol. The molecule has 0 atom stereocenters. The monoisotopic (exact) mass is 420 g/mol. The fourth-order valence-electron chi connectivity index (χ4n) is 3.89. The van der Waals surface area contributed by atoms with Crippen LogP contribution in [0.25, 0.3) is 0 Å². The third-order valence-corrected chi connectivity index (χ3v) is 5.20. The quantitative estimate of drug-likeness (QED) is 0.583. The van der Waals surface area contributed by atoms with Crippen molar-refractivity contribution in [3.05, 3.63) is 68.8 Å². The zero-order valence-electron chi connectivity index (χ0n) is 18.5. The van der Waals surface area contributed by atoms with E-state index in [1.807, 2.05) is 0 Å². The van der Waals surface area contributed by atoms with Crippen LogP contribution < -0.4 is 0 Å². The molecule has 31 heavy (non-hydrogen) atoms. The molecule has 0 amide bonds. The Morgan fingerprint density at radius 3 is 0.935 bits per heavy atom. The van der Waals surface area contributed by atoms with Crippen LogP contribution in [0, 0.1) is 0 Å². The summed E-state index contributed by atoms with van der Waals surface area (Å²) in [4.78, 5) is 74.0. The Bertz CT molecular complexity index is 1080. The molecule has 0 aliphatic rings. The number of ketones is 6. The number of benzene rings is 2. The lowest BCUT2D eigenvalue weighted by atomic mass is 9.82. The van der Waals surface area contributed by atoms with Gasteiger partial charge in [0, 0.05) is 39.8 Å². The summed E-state index contributed by atoms with van der Waals surface area (Å²) in [5, 5.41) is 0. The Hall–Kier alpha value is -3.54. The molecule has 0 radical (unpaired) electrons. The number of hydrogen-bond acceptors (Lipinski definition) is 6. The van der Waals surface area contributed by atoms with Crippen molar-refractivity contribution in [3.8, 4) is 0 Å². The predicted molar refractivity (Wildman–Crippen MR) is 116 cm³/mol. The van der Waals surface area contributed by atoms with Crippen molar-refractivity contribution < 1.29 is 28.8 Å². The van der Waals surface area contributed by atoms with E-state index in [9.17, 15) is 28.8 Å². The Morgan fingerprint density at radius 1 is 0.452 bits per heavy atom. The van der Waals surface area contributed by atoms with Gasteiger partial charge in [0.05, 0.1) is 0 Å². The van der Waals surface area contributed by atoms with Crippen LogP contribution in [0.1, 0.15) is 115 Å². The van der Waals surface area contributed by atoms with Gasteiger partial charge in [-0.25, -0.2) is 0 Å². The molecule has 0 aromatic heterocycles. The number of carbonyl (C=O) groups excluding carboxylic acids is 6. The molecule has 0 heterocycles. The topological polar surface area (TPSA) is 102 Å². The van der Waals surface area contributed by atoms with Crippen molar-refractivity contribution in [2.24, 2.45) is 0 Å². The molecule has 0 unspecified atom stereocenters. The molecule has 160 valence electrons. The van der Waals surface area contributed by atoms with Gasteiger partial charge in [-0.1, -0.05) is 12.1 Å². The Balaban J connectivity index is 3.02. The average Bonchev–Trinajstić information content (AvgIpc) is 2.65. The van der Waals surface area contributed by atoms with Crippen LogP contribution in [0.3, 0.4) is 0 Å². The zero-order chi connectivity index (χ0) is 23.6. The van der Waals surface area contributed by atoms with Gasteiger partial charge in [-0.3, -0.25) is 28.8 Å². The minimum absolute atomic E-state index is 0.0810. The molecule has 0 aliphatic carbocycles. The summed E-state index contributed by atoms with van der Waals surface area (Å²) in [6.07, 6.45) is -0.129. The SMILES string of the molecule is CC(=O)c1ccc(C(C)=O)c(C(C)=O)c1Cc1c(C(C)=O)ccc(C(C)=O)c1C(C)=O. The maximum Gasteiger partial charge on any atom is 0.160 e. The summed E-state index contributed by atoms with van der Waals surface area (Å²) < 4.78 is 0. The first-order chi connectivity index (χ1) is 14.4. The van der Waals surface area contributed by atoms with Crippen LogP contribution >= 0.6 is 0 Å². The van der Waals surface area contributed by atoms with Crippen LogP contribution in [-0.4, -0.2) is 34.7 Å². The average molecular weight is 420 g/mol. The summed E-state index contributed by atoms with van der Waals surface area (Å²) in [6, 6.07) is 5.80. The largest absolute Gasteiger partial charge is 0.295 e. The van der Waals surface area contributed by atoms with Crippen molar-refractivity contribution in [2.45, 2.75) is 48.0 Å². The van der Waals surface area contributed by atoms with E-state index >= 15 is 0 Å². The van der Waals surface area contributed by atoms with Crippen molar-refractivity contribution in [2.75, 3.05) is 0 Å². The summed E-state index contributed by atoms with van der Waals surface area (Å²) in [5.41, 5.74) is 1.43. The van der Waals surface area contributed by atoms with Crippen LogP contribution in [0.2, 0.25) is 0 Å². The molecule has 2 aromatic rings. The third kappa shape index (κ3) is 4.63. The fraction of sp³-hybridized carbons (Fsp3) is 0.280. The van der Waals surface area contributed by atoms with Gasteiger partial charge >= 0.3 is 0 Å². The molecule has 6 nitrogen and oxygen atoms in total. The second-order valence-corrected chi connectivity index (χ2v) is 7.54. The maximum absolute atomic E-state index is 12.5. The second kappa shape index (κ2) is 9.08. The summed E-state index contributed by atoms with van der Waals surface area (Å²) >= 11 is 0. The van der Waals surface area contributed by atoms with Crippen molar-refractivity contribution >= 4 is 34.7 Å². The van der Waals surface area contributed by atoms with Gasteiger partial charge in [0.2, 0.25) is 0 Å². The van der Waals surface area contributed by atoms with E-state index in [0.717, 1.165) is 0 Å². The highest BCUT2D eigenvalue weighted by molar-refractivity contribution is 6.13. The van der Waals surface area contributed by atoms with Gasteiger partial charge in [-0.05, 0) is 64.8 Å². The summed E-state index contributed by atoms with van der Waals surface area (Å²) in [6.45, 7) is 7.88. The zero-order valence-corrected chi connectivity index (χ0v) is 18.5. The fourth-order valence-corrected chi connectivity index (χ4v) is 3.89. The first-order valence-electron chi connectivity index (χ1n) is 9.75. The van der Waals surface area contributed by atoms with Crippen LogP contribution in [-0.2, 0) is 6.42 Å². The highest BCUT2D eigenvalue weighted by Gasteiger charge is 2.26. The lowest BCUT2D eigenvalue weighted by molar-refractivity contribution is 0.0977. The number of Topliss-reactive ketones (excluding diaryl/α,β-unsaturated/α-hetero) is 6. The second-order valence-electron chi connectivity index (χ2n) is 7.54. The van der Waals surface area contributed by atoms with E-state index < -0.39 is 11.6 Å². The van der Waals surface area contributed by atoms with E-state index in [0.29, 0.717) is 0 Å². The van der Waals surface area contributed by atoms with Crippen molar-refractivity contribution in [3.63, 3.8) is 0 Å². The van der Waals surface area contributed by atoms with E-state index in [4.69, 9.17) is 0 Å². The van der Waals surface area contributed by atoms with Crippen LogP contribution in [0.5, 0.6) is 0 Å². The molecule has 0 bridgehead atoms. The van der Waals surface area contributed by atoms with Gasteiger partial charge in [-0.2, -0.15) is 0 Å². The third-order valence-electron chi connectivity index (χ3n) is 5.20. The summed E-state index contributed by atoms with van der Waals surface area (Å²) in [5.74, 6) is -2.19. The highest BCUT2D eigenvalue weighted by atomic mass is 16.1. The lowest BCUT2D eigenvalue weighted by Crippen LogP contribution is -2.17. The molecule has 6 heteroatoms. The minimum atomic E-state index is -0.417. The number of rotatable bonds is 8. The van der Waals surface area contributed by atoms with Crippen LogP contribution in [0.15, 0.2) is 24.3 Å². The molecule has 2 rings (SSSR count). The Morgan fingerprint density at radius 2 is 0.710 bits per heavy atom. The molecule has 2 aromatic carbocycles. The smallest absolute Gasteiger partial charge is 0.160 e. The molecule has 0 N–H and O–H groups in total. The van der Waals surface area contributed by atoms with E-state index in [2.05, 4.69) is 0 Å². The van der Waals surface area contributed by atoms with Gasteiger partial charge < -0.3 is 0 Å². The first kappa shape index (κ1) is 23.7.